The molecule has 0 radical (unpaired) electrons. The second-order valence-electron chi connectivity index (χ2n) is 12.7. The lowest BCUT2D eigenvalue weighted by Gasteiger charge is -2.44. The number of esters is 4. The number of rotatable bonds is 15. The van der Waals surface area contributed by atoms with E-state index in [9.17, 15) is 19.2 Å². The minimum Gasteiger partial charge on any atom is -0.494 e. The Labute approximate surface area is 302 Å². The predicted molar refractivity (Wildman–Crippen MR) is 189 cm³/mol. The highest BCUT2D eigenvalue weighted by molar-refractivity contribution is 5.87. The van der Waals surface area contributed by atoms with Gasteiger partial charge in [0, 0.05) is 45.7 Å². The van der Waals surface area contributed by atoms with Crippen LogP contribution in [0.5, 0.6) is 5.75 Å². The third-order valence-corrected chi connectivity index (χ3v) is 8.52. The summed E-state index contributed by atoms with van der Waals surface area (Å²) in [6.45, 7) is 8.24. The number of carbonyl (C=O) groups is 4. The van der Waals surface area contributed by atoms with E-state index in [-0.39, 0.29) is 6.61 Å². The Morgan fingerprint density at radius 2 is 1.38 bits per heavy atom. The summed E-state index contributed by atoms with van der Waals surface area (Å²) in [5.41, 5.74) is 4.90. The fourth-order valence-corrected chi connectivity index (χ4v) is 6.40. The summed E-state index contributed by atoms with van der Waals surface area (Å²) in [5, 5.41) is 0.964. The lowest BCUT2D eigenvalue weighted by molar-refractivity contribution is -0.267. The SMILES string of the molecule is CC(=O)OCC1OC(n2cc(Cc3ccc(OCCCOCc4ccccc4)cc3)c3c(C)cccc32)C(OC(C)=O)C(OC(C)=O)C1OC(C)=O. The molecule has 0 amide bonds. The molecule has 0 bridgehead atoms. The smallest absolute Gasteiger partial charge is 0.303 e. The maximum Gasteiger partial charge on any atom is 0.303 e. The molecule has 1 aliphatic heterocycles. The van der Waals surface area contributed by atoms with Gasteiger partial charge in [-0.15, -0.1) is 0 Å². The van der Waals surface area contributed by atoms with E-state index in [1.54, 1.807) is 0 Å². The number of aromatic nitrogens is 1. The molecule has 4 aromatic rings. The van der Waals surface area contributed by atoms with Crippen molar-refractivity contribution in [3.05, 3.63) is 101 Å². The van der Waals surface area contributed by atoms with Crippen LogP contribution in [0.4, 0.5) is 0 Å². The second kappa shape index (κ2) is 17.8. The molecule has 5 atom stereocenters. The molecule has 276 valence electrons. The van der Waals surface area contributed by atoms with Crippen LogP contribution < -0.4 is 4.74 Å². The van der Waals surface area contributed by atoms with E-state index in [2.05, 4.69) is 0 Å². The van der Waals surface area contributed by atoms with E-state index in [0.29, 0.717) is 26.2 Å². The number of hydrogen-bond acceptors (Lipinski definition) is 11. The van der Waals surface area contributed by atoms with Crippen molar-refractivity contribution >= 4 is 34.8 Å². The van der Waals surface area contributed by atoms with Crippen LogP contribution in [0.1, 0.15) is 62.6 Å². The predicted octanol–water partition coefficient (Wildman–Crippen LogP) is 5.78. The minimum atomic E-state index is -1.28. The van der Waals surface area contributed by atoms with Crippen molar-refractivity contribution < 1.29 is 52.3 Å². The standard InChI is InChI=1S/C40H45NO11/c1-25-11-9-14-34-36(25)32(21-30-15-17-33(18-16-30)47-20-10-19-46-23-31-12-7-6-8-13-31)22-41(34)40-39(51-29(5)45)38(50-28(4)44)37(49-27(3)43)35(52-40)24-48-26(2)42/h6-9,11-18,22,35,37-40H,10,19-21,23-24H2,1-5H3. The van der Waals surface area contributed by atoms with Crippen LogP contribution in [-0.4, -0.2) is 72.7 Å². The molecule has 1 fully saturated rings. The molecule has 1 aromatic heterocycles. The molecule has 0 spiro atoms. The van der Waals surface area contributed by atoms with Crippen molar-refractivity contribution in [3.8, 4) is 5.75 Å². The zero-order valence-electron chi connectivity index (χ0n) is 30.1. The highest BCUT2D eigenvalue weighted by Crippen LogP contribution is 2.39. The van der Waals surface area contributed by atoms with Crippen LogP contribution in [0.3, 0.4) is 0 Å². The van der Waals surface area contributed by atoms with Gasteiger partial charge in [-0.25, -0.2) is 0 Å². The molecule has 2 heterocycles. The van der Waals surface area contributed by atoms with E-state index >= 15 is 0 Å². The first-order valence-electron chi connectivity index (χ1n) is 17.2. The zero-order valence-corrected chi connectivity index (χ0v) is 30.1. The Hall–Kier alpha value is -5.20. The molecule has 0 N–H and O–H groups in total. The molecule has 5 unspecified atom stereocenters. The van der Waals surface area contributed by atoms with Crippen LogP contribution >= 0.6 is 0 Å². The van der Waals surface area contributed by atoms with E-state index < -0.39 is 54.5 Å². The summed E-state index contributed by atoms with van der Waals surface area (Å²) in [6, 6.07) is 23.8. The first kappa shape index (κ1) is 38.0. The molecule has 5 rings (SSSR count). The third-order valence-electron chi connectivity index (χ3n) is 8.52. The summed E-state index contributed by atoms with van der Waals surface area (Å²) in [4.78, 5) is 48.9. The van der Waals surface area contributed by atoms with Crippen LogP contribution in [0.2, 0.25) is 0 Å². The van der Waals surface area contributed by atoms with Crippen molar-refractivity contribution in [2.24, 2.45) is 0 Å². The fraction of sp³-hybridized carbons (Fsp3) is 0.400. The Kier molecular flexibility index (Phi) is 13.0. The van der Waals surface area contributed by atoms with Gasteiger partial charge in [0.15, 0.2) is 24.5 Å². The topological polar surface area (TPSA) is 138 Å². The third kappa shape index (κ3) is 9.98. The molecule has 1 aliphatic rings. The lowest BCUT2D eigenvalue weighted by atomic mass is 9.97. The molecule has 52 heavy (non-hydrogen) atoms. The average molecular weight is 716 g/mol. The van der Waals surface area contributed by atoms with E-state index in [1.807, 2.05) is 90.5 Å². The number of ether oxygens (including phenoxy) is 7. The summed E-state index contributed by atoms with van der Waals surface area (Å²) in [7, 11) is 0. The number of fused-ring (bicyclic) bond motifs is 1. The second-order valence-corrected chi connectivity index (χ2v) is 12.7. The monoisotopic (exact) mass is 715 g/mol. The number of aryl methyl sites for hydroxylation is 1. The van der Waals surface area contributed by atoms with Crippen LogP contribution in [0.15, 0.2) is 79.0 Å². The largest absolute Gasteiger partial charge is 0.494 e. The Morgan fingerprint density at radius 1 is 0.712 bits per heavy atom. The summed E-state index contributed by atoms with van der Waals surface area (Å²) < 4.78 is 42.3. The van der Waals surface area contributed by atoms with Crippen molar-refractivity contribution in [2.45, 2.75) is 84.7 Å². The molecule has 0 aliphatic carbocycles. The van der Waals surface area contributed by atoms with Gasteiger partial charge in [0.1, 0.15) is 18.5 Å². The van der Waals surface area contributed by atoms with Gasteiger partial charge in [0.2, 0.25) is 0 Å². The van der Waals surface area contributed by atoms with E-state index in [4.69, 9.17) is 33.2 Å². The number of benzene rings is 3. The molecule has 1 saturated heterocycles. The maximum atomic E-state index is 12.5. The lowest BCUT2D eigenvalue weighted by Crippen LogP contribution is -2.60. The van der Waals surface area contributed by atoms with Gasteiger partial charge in [-0.2, -0.15) is 0 Å². The van der Waals surface area contributed by atoms with Crippen LogP contribution in [0, 0.1) is 6.92 Å². The molecule has 0 saturated carbocycles. The number of nitrogens with zero attached hydrogens (tertiary/aromatic N) is 1. The van der Waals surface area contributed by atoms with Gasteiger partial charge < -0.3 is 37.7 Å². The zero-order chi connectivity index (χ0) is 37.2. The first-order valence-corrected chi connectivity index (χ1v) is 17.2. The van der Waals surface area contributed by atoms with Crippen LogP contribution in [-0.2, 0) is 60.6 Å². The van der Waals surface area contributed by atoms with Gasteiger partial charge in [0.05, 0.1) is 25.3 Å². The van der Waals surface area contributed by atoms with Crippen molar-refractivity contribution in [2.75, 3.05) is 19.8 Å². The van der Waals surface area contributed by atoms with E-state index in [1.165, 1.54) is 27.7 Å². The number of carbonyl (C=O) groups excluding carboxylic acids is 4. The Balaban J connectivity index is 1.38. The van der Waals surface area contributed by atoms with Gasteiger partial charge in [-0.05, 0) is 53.8 Å². The Morgan fingerprint density at radius 3 is 2.06 bits per heavy atom. The maximum absolute atomic E-state index is 12.5. The van der Waals surface area contributed by atoms with Gasteiger partial charge in [0.25, 0.3) is 0 Å². The molecule has 3 aromatic carbocycles. The van der Waals surface area contributed by atoms with Crippen molar-refractivity contribution in [3.63, 3.8) is 0 Å². The normalized spacial score (nSPS) is 19.8. The summed E-state index contributed by atoms with van der Waals surface area (Å²) >= 11 is 0. The molecular weight excluding hydrogens is 670 g/mol. The minimum absolute atomic E-state index is 0.311. The molecule has 12 heteroatoms. The van der Waals surface area contributed by atoms with Crippen molar-refractivity contribution in [1.82, 2.24) is 4.57 Å². The number of hydrogen-bond donors (Lipinski definition) is 0. The van der Waals surface area contributed by atoms with Gasteiger partial charge in [-0.1, -0.05) is 54.6 Å². The highest BCUT2D eigenvalue weighted by Gasteiger charge is 2.53. The van der Waals surface area contributed by atoms with Gasteiger partial charge in [-0.3, -0.25) is 19.2 Å². The van der Waals surface area contributed by atoms with Crippen molar-refractivity contribution in [1.29, 1.82) is 0 Å². The first-order chi connectivity index (χ1) is 25.0. The highest BCUT2D eigenvalue weighted by atomic mass is 16.7. The van der Waals surface area contributed by atoms with E-state index in [0.717, 1.165) is 45.3 Å². The van der Waals surface area contributed by atoms with Gasteiger partial charge >= 0.3 is 23.9 Å². The van der Waals surface area contributed by atoms with Crippen LogP contribution in [0.25, 0.3) is 10.9 Å². The Bertz CT molecular complexity index is 1840. The molecule has 12 nitrogen and oxygen atoms in total. The summed E-state index contributed by atoms with van der Waals surface area (Å²) in [5.74, 6) is -1.87. The fourth-order valence-electron chi connectivity index (χ4n) is 6.40. The average Bonchev–Trinajstić information content (AvgIpc) is 3.46. The summed E-state index contributed by atoms with van der Waals surface area (Å²) in [6.07, 6.45) is -2.67. The quantitative estimate of drug-likeness (QED) is 0.0841. The molecular formula is C40H45NO11.